The predicted octanol–water partition coefficient (Wildman–Crippen LogP) is 1.60. The van der Waals surface area contributed by atoms with Crippen molar-refractivity contribution >= 4 is 17.2 Å². The standard InChI is InChI=1S/C10H11N3OS/c1-7-8(9(14)11-2)15-10(12-7)13-5-3-4-6-13/h3-6H,1-2H3,(H,11,14). The van der Waals surface area contributed by atoms with E-state index in [1.807, 2.05) is 36.0 Å². The van der Waals surface area contributed by atoms with Crippen LogP contribution in [0.4, 0.5) is 0 Å². The quantitative estimate of drug-likeness (QED) is 0.837. The summed E-state index contributed by atoms with van der Waals surface area (Å²) in [4.78, 5) is 16.5. The maximum Gasteiger partial charge on any atom is 0.263 e. The van der Waals surface area contributed by atoms with Crippen molar-refractivity contribution in [2.24, 2.45) is 0 Å². The van der Waals surface area contributed by atoms with Crippen LogP contribution in [0.25, 0.3) is 5.13 Å². The normalized spacial score (nSPS) is 10.3. The molecular weight excluding hydrogens is 210 g/mol. The van der Waals surface area contributed by atoms with Crippen LogP contribution in [0.3, 0.4) is 0 Å². The summed E-state index contributed by atoms with van der Waals surface area (Å²) in [6.07, 6.45) is 3.82. The molecule has 0 aliphatic carbocycles. The number of hydrogen-bond donors (Lipinski definition) is 1. The fourth-order valence-electron chi connectivity index (χ4n) is 1.28. The Morgan fingerprint density at radius 1 is 1.47 bits per heavy atom. The summed E-state index contributed by atoms with van der Waals surface area (Å²) in [5, 5.41) is 3.42. The van der Waals surface area contributed by atoms with Gasteiger partial charge in [0.05, 0.1) is 5.69 Å². The van der Waals surface area contributed by atoms with Gasteiger partial charge in [-0.3, -0.25) is 4.79 Å². The van der Waals surface area contributed by atoms with Crippen LogP contribution in [0.2, 0.25) is 0 Å². The molecule has 1 N–H and O–H groups in total. The molecule has 0 unspecified atom stereocenters. The van der Waals surface area contributed by atoms with E-state index >= 15 is 0 Å². The van der Waals surface area contributed by atoms with Crippen LogP contribution in [-0.4, -0.2) is 22.5 Å². The highest BCUT2D eigenvalue weighted by molar-refractivity contribution is 7.16. The van der Waals surface area contributed by atoms with Crippen LogP contribution in [0.5, 0.6) is 0 Å². The number of aryl methyl sites for hydroxylation is 1. The highest BCUT2D eigenvalue weighted by atomic mass is 32.1. The van der Waals surface area contributed by atoms with Crippen molar-refractivity contribution in [3.8, 4) is 5.13 Å². The van der Waals surface area contributed by atoms with Gasteiger partial charge in [-0.15, -0.1) is 0 Å². The zero-order valence-corrected chi connectivity index (χ0v) is 9.34. The molecule has 0 radical (unpaired) electrons. The van der Waals surface area contributed by atoms with Gasteiger partial charge in [0, 0.05) is 19.4 Å². The molecule has 0 aliphatic heterocycles. The highest BCUT2D eigenvalue weighted by Gasteiger charge is 2.14. The van der Waals surface area contributed by atoms with Gasteiger partial charge >= 0.3 is 0 Å². The monoisotopic (exact) mass is 221 g/mol. The van der Waals surface area contributed by atoms with E-state index in [1.165, 1.54) is 11.3 Å². The largest absolute Gasteiger partial charge is 0.354 e. The van der Waals surface area contributed by atoms with Crippen LogP contribution in [0.1, 0.15) is 15.4 Å². The summed E-state index contributed by atoms with van der Waals surface area (Å²) >= 11 is 1.39. The fourth-order valence-corrected chi connectivity index (χ4v) is 2.26. The molecule has 0 saturated heterocycles. The Kier molecular flexibility index (Phi) is 2.55. The summed E-state index contributed by atoms with van der Waals surface area (Å²) < 4.78 is 1.89. The molecule has 0 aliphatic rings. The summed E-state index contributed by atoms with van der Waals surface area (Å²) in [5.74, 6) is -0.0802. The van der Waals surface area contributed by atoms with Gasteiger partial charge in [0.25, 0.3) is 5.91 Å². The van der Waals surface area contributed by atoms with Crippen molar-refractivity contribution in [3.63, 3.8) is 0 Å². The second kappa shape index (κ2) is 3.86. The minimum Gasteiger partial charge on any atom is -0.354 e. The fraction of sp³-hybridized carbons (Fsp3) is 0.200. The number of hydrogen-bond acceptors (Lipinski definition) is 3. The third kappa shape index (κ3) is 1.78. The molecule has 0 atom stereocenters. The number of aromatic nitrogens is 2. The number of carbonyl (C=O) groups is 1. The molecule has 0 bridgehead atoms. The van der Waals surface area contributed by atoms with E-state index in [2.05, 4.69) is 10.3 Å². The first kappa shape index (κ1) is 9.92. The first-order chi connectivity index (χ1) is 7.22. The third-order valence-electron chi connectivity index (χ3n) is 2.04. The lowest BCUT2D eigenvalue weighted by molar-refractivity contribution is 0.0966. The zero-order chi connectivity index (χ0) is 10.8. The third-order valence-corrected chi connectivity index (χ3v) is 3.21. The molecular formula is C10H11N3OS. The van der Waals surface area contributed by atoms with Crippen LogP contribution in [0, 0.1) is 6.92 Å². The lowest BCUT2D eigenvalue weighted by Crippen LogP contribution is -2.17. The SMILES string of the molecule is CNC(=O)c1sc(-n2cccc2)nc1C. The van der Waals surface area contributed by atoms with Gasteiger partial charge in [-0.2, -0.15) is 0 Å². The molecule has 0 aromatic carbocycles. The molecule has 78 valence electrons. The van der Waals surface area contributed by atoms with E-state index in [0.29, 0.717) is 4.88 Å². The van der Waals surface area contributed by atoms with E-state index < -0.39 is 0 Å². The van der Waals surface area contributed by atoms with E-state index in [0.717, 1.165) is 10.8 Å². The Labute approximate surface area is 91.6 Å². The summed E-state index contributed by atoms with van der Waals surface area (Å²) in [6, 6.07) is 3.85. The molecule has 15 heavy (non-hydrogen) atoms. The van der Waals surface area contributed by atoms with Crippen molar-refractivity contribution in [1.29, 1.82) is 0 Å². The maximum absolute atomic E-state index is 11.5. The van der Waals surface area contributed by atoms with Gasteiger partial charge in [0.1, 0.15) is 4.88 Å². The van der Waals surface area contributed by atoms with Gasteiger partial charge in [-0.05, 0) is 19.1 Å². The summed E-state index contributed by atoms with van der Waals surface area (Å²) in [5.41, 5.74) is 0.767. The minimum absolute atomic E-state index is 0.0802. The van der Waals surface area contributed by atoms with Crippen LogP contribution < -0.4 is 5.32 Å². The smallest absolute Gasteiger partial charge is 0.263 e. The van der Waals surface area contributed by atoms with Gasteiger partial charge < -0.3 is 9.88 Å². The van der Waals surface area contributed by atoms with Crippen molar-refractivity contribution in [3.05, 3.63) is 35.1 Å². The van der Waals surface area contributed by atoms with Gasteiger partial charge in [0.2, 0.25) is 0 Å². The first-order valence-corrected chi connectivity index (χ1v) is 5.37. The first-order valence-electron chi connectivity index (χ1n) is 4.55. The number of nitrogens with one attached hydrogen (secondary N) is 1. The van der Waals surface area contributed by atoms with Crippen LogP contribution >= 0.6 is 11.3 Å². The molecule has 2 aromatic rings. The second-order valence-corrected chi connectivity index (χ2v) is 4.06. The summed E-state index contributed by atoms with van der Waals surface area (Å²) in [6.45, 7) is 1.84. The highest BCUT2D eigenvalue weighted by Crippen LogP contribution is 2.21. The number of nitrogens with zero attached hydrogens (tertiary/aromatic N) is 2. The van der Waals surface area contributed by atoms with Gasteiger partial charge in [-0.25, -0.2) is 4.98 Å². The number of amides is 1. The topological polar surface area (TPSA) is 46.9 Å². The minimum atomic E-state index is -0.0802. The molecule has 5 heteroatoms. The molecule has 2 heterocycles. The van der Waals surface area contributed by atoms with Crippen LogP contribution in [0.15, 0.2) is 24.5 Å². The molecule has 4 nitrogen and oxygen atoms in total. The number of thiazole rings is 1. The Morgan fingerprint density at radius 3 is 2.73 bits per heavy atom. The lowest BCUT2D eigenvalue weighted by atomic mass is 10.4. The molecule has 0 saturated carbocycles. The zero-order valence-electron chi connectivity index (χ0n) is 8.52. The van der Waals surface area contributed by atoms with Crippen LogP contribution in [-0.2, 0) is 0 Å². The van der Waals surface area contributed by atoms with E-state index in [-0.39, 0.29) is 5.91 Å². The average Bonchev–Trinajstić information content (AvgIpc) is 2.84. The van der Waals surface area contributed by atoms with Gasteiger partial charge in [-0.1, -0.05) is 11.3 Å². The van der Waals surface area contributed by atoms with Crippen molar-refractivity contribution in [2.75, 3.05) is 7.05 Å². The summed E-state index contributed by atoms with van der Waals surface area (Å²) in [7, 11) is 1.62. The number of rotatable bonds is 2. The maximum atomic E-state index is 11.5. The van der Waals surface area contributed by atoms with E-state index in [1.54, 1.807) is 7.05 Å². The van der Waals surface area contributed by atoms with Crippen molar-refractivity contribution < 1.29 is 4.79 Å². The predicted molar refractivity (Wildman–Crippen MR) is 59.6 cm³/mol. The van der Waals surface area contributed by atoms with E-state index in [9.17, 15) is 4.79 Å². The molecule has 2 rings (SSSR count). The molecule has 0 fully saturated rings. The Morgan fingerprint density at radius 2 is 2.13 bits per heavy atom. The molecule has 2 aromatic heterocycles. The van der Waals surface area contributed by atoms with Gasteiger partial charge in [0.15, 0.2) is 5.13 Å². The average molecular weight is 221 g/mol. The van der Waals surface area contributed by atoms with E-state index in [4.69, 9.17) is 0 Å². The molecule has 0 spiro atoms. The van der Waals surface area contributed by atoms with Crippen molar-refractivity contribution in [1.82, 2.24) is 14.9 Å². The Balaban J connectivity index is 2.41. The Hall–Kier alpha value is -1.62. The lowest BCUT2D eigenvalue weighted by Gasteiger charge is -1.94. The Bertz CT molecular complexity index is 473. The molecule has 1 amide bonds. The number of carbonyl (C=O) groups excluding carboxylic acids is 1. The van der Waals surface area contributed by atoms with Crippen molar-refractivity contribution in [2.45, 2.75) is 6.92 Å². The second-order valence-electron chi connectivity index (χ2n) is 3.08.